The van der Waals surface area contributed by atoms with E-state index in [1.54, 1.807) is 19.1 Å². The van der Waals surface area contributed by atoms with Gasteiger partial charge in [0, 0.05) is 44.8 Å². The summed E-state index contributed by atoms with van der Waals surface area (Å²) in [4.78, 5) is 15.5. The number of rotatable bonds is 9. The third kappa shape index (κ3) is 6.84. The van der Waals surface area contributed by atoms with E-state index in [0.29, 0.717) is 13.0 Å². The predicted octanol–water partition coefficient (Wildman–Crippen LogP) is 2.91. The number of ketones is 1. The molecule has 6 heteroatoms. The highest BCUT2D eigenvalue weighted by Gasteiger charge is 2.19. The summed E-state index contributed by atoms with van der Waals surface area (Å²) < 4.78 is 18.8. The van der Waals surface area contributed by atoms with Crippen molar-refractivity contribution in [2.24, 2.45) is 0 Å². The van der Waals surface area contributed by atoms with Gasteiger partial charge >= 0.3 is 0 Å². The largest absolute Gasteiger partial charge is 0.491 e. The molecular formula is C23H29FN2O3. The fourth-order valence-corrected chi connectivity index (χ4v) is 3.46. The average Bonchev–Trinajstić information content (AvgIpc) is 2.73. The van der Waals surface area contributed by atoms with Gasteiger partial charge in [-0.05, 0) is 55.3 Å². The van der Waals surface area contributed by atoms with Crippen molar-refractivity contribution in [2.45, 2.75) is 25.9 Å². The van der Waals surface area contributed by atoms with Crippen molar-refractivity contribution in [1.82, 2.24) is 4.90 Å². The zero-order valence-electron chi connectivity index (χ0n) is 16.9. The van der Waals surface area contributed by atoms with E-state index in [4.69, 9.17) is 4.74 Å². The van der Waals surface area contributed by atoms with Crippen molar-refractivity contribution in [3.05, 3.63) is 59.9 Å². The number of Topliss-reactive ketones (excluding diaryl/α,β-unsaturated/α-hetero) is 1. The fourth-order valence-electron chi connectivity index (χ4n) is 3.46. The van der Waals surface area contributed by atoms with Gasteiger partial charge in [-0.2, -0.15) is 0 Å². The first kappa shape index (κ1) is 21.3. The third-order valence-electron chi connectivity index (χ3n) is 5.16. The van der Waals surface area contributed by atoms with Crippen LogP contribution in [0.4, 0.5) is 10.1 Å². The Morgan fingerprint density at radius 1 is 1.07 bits per heavy atom. The van der Waals surface area contributed by atoms with Crippen LogP contribution in [0.15, 0.2) is 48.5 Å². The number of aryl methyl sites for hydroxylation is 1. The Bertz CT molecular complexity index is 772. The molecule has 0 radical (unpaired) electrons. The zero-order valence-corrected chi connectivity index (χ0v) is 16.9. The minimum absolute atomic E-state index is 0.187. The van der Waals surface area contributed by atoms with Crippen LogP contribution in [-0.2, 0) is 11.2 Å². The molecule has 0 amide bonds. The van der Waals surface area contributed by atoms with E-state index in [9.17, 15) is 14.3 Å². The van der Waals surface area contributed by atoms with Crippen molar-refractivity contribution in [3.63, 3.8) is 0 Å². The first-order chi connectivity index (χ1) is 14.0. The fraction of sp³-hybridized carbons (Fsp3) is 0.435. The molecule has 0 unspecified atom stereocenters. The highest BCUT2D eigenvalue weighted by molar-refractivity contribution is 5.75. The minimum atomic E-state index is -0.565. The number of piperazine rings is 1. The Kier molecular flexibility index (Phi) is 7.61. The van der Waals surface area contributed by atoms with E-state index < -0.39 is 6.10 Å². The van der Waals surface area contributed by atoms with Crippen LogP contribution in [-0.4, -0.2) is 61.2 Å². The number of aliphatic hydroxyl groups is 1. The summed E-state index contributed by atoms with van der Waals surface area (Å²) in [7, 11) is 0. The number of halogens is 1. The van der Waals surface area contributed by atoms with E-state index in [0.717, 1.165) is 49.6 Å². The second kappa shape index (κ2) is 10.4. The number of β-amino-alcohol motifs (C(OH)–C–C–N with tert-alkyl or cyclic N) is 1. The Morgan fingerprint density at radius 2 is 1.72 bits per heavy atom. The van der Waals surface area contributed by atoms with Crippen LogP contribution >= 0.6 is 0 Å². The summed E-state index contributed by atoms with van der Waals surface area (Å²) in [5.74, 6) is 0.685. The second-order valence-corrected chi connectivity index (χ2v) is 7.57. The van der Waals surface area contributed by atoms with Crippen molar-refractivity contribution in [1.29, 1.82) is 0 Å². The van der Waals surface area contributed by atoms with Gasteiger partial charge in [0.25, 0.3) is 0 Å². The molecule has 1 aliphatic rings. The van der Waals surface area contributed by atoms with Gasteiger partial charge in [-0.3, -0.25) is 4.90 Å². The first-order valence-electron chi connectivity index (χ1n) is 10.1. The van der Waals surface area contributed by atoms with Gasteiger partial charge in [-0.25, -0.2) is 4.39 Å². The van der Waals surface area contributed by atoms with Gasteiger partial charge in [0.1, 0.15) is 30.1 Å². The summed E-state index contributed by atoms with van der Waals surface area (Å²) >= 11 is 0. The Balaban J connectivity index is 1.37. The minimum Gasteiger partial charge on any atom is -0.491 e. The van der Waals surface area contributed by atoms with Crippen molar-refractivity contribution in [2.75, 3.05) is 44.2 Å². The number of hydrogen-bond acceptors (Lipinski definition) is 5. The molecule has 5 nitrogen and oxygen atoms in total. The van der Waals surface area contributed by atoms with Crippen molar-refractivity contribution in [3.8, 4) is 5.75 Å². The maximum absolute atomic E-state index is 13.1. The van der Waals surface area contributed by atoms with Gasteiger partial charge in [0.05, 0.1) is 0 Å². The lowest BCUT2D eigenvalue weighted by atomic mass is 10.1. The first-order valence-corrected chi connectivity index (χ1v) is 10.1. The number of hydrogen-bond donors (Lipinski definition) is 1. The van der Waals surface area contributed by atoms with E-state index in [1.807, 2.05) is 24.3 Å². The van der Waals surface area contributed by atoms with Crippen LogP contribution in [0.1, 0.15) is 18.9 Å². The number of ether oxygens (including phenoxy) is 1. The molecule has 3 rings (SSSR count). The average molecular weight is 400 g/mol. The molecule has 2 aromatic carbocycles. The topological polar surface area (TPSA) is 53.0 Å². The maximum Gasteiger partial charge on any atom is 0.130 e. The molecule has 29 heavy (non-hydrogen) atoms. The third-order valence-corrected chi connectivity index (χ3v) is 5.16. The molecule has 0 aliphatic carbocycles. The molecule has 1 N–H and O–H groups in total. The number of anilines is 1. The Labute approximate surface area is 171 Å². The van der Waals surface area contributed by atoms with Crippen LogP contribution in [0.2, 0.25) is 0 Å². The van der Waals surface area contributed by atoms with Crippen LogP contribution in [0.5, 0.6) is 5.75 Å². The number of carbonyl (C=O) groups is 1. The van der Waals surface area contributed by atoms with E-state index in [-0.39, 0.29) is 18.2 Å². The molecular weight excluding hydrogens is 371 g/mol. The Hall–Kier alpha value is -2.44. The van der Waals surface area contributed by atoms with E-state index in [1.165, 1.54) is 12.1 Å². The summed E-state index contributed by atoms with van der Waals surface area (Å²) in [6.07, 6.45) is 0.722. The molecule has 1 aliphatic heterocycles. The van der Waals surface area contributed by atoms with E-state index >= 15 is 0 Å². The van der Waals surface area contributed by atoms with Gasteiger partial charge < -0.3 is 19.5 Å². The summed E-state index contributed by atoms with van der Waals surface area (Å²) in [6, 6.07) is 14.3. The molecule has 1 saturated heterocycles. The number of carbonyl (C=O) groups excluding carboxylic acids is 1. The lowest BCUT2D eigenvalue weighted by molar-refractivity contribution is -0.116. The zero-order chi connectivity index (χ0) is 20.6. The second-order valence-electron chi connectivity index (χ2n) is 7.57. The highest BCUT2D eigenvalue weighted by atomic mass is 19.1. The molecule has 1 fully saturated rings. The van der Waals surface area contributed by atoms with Crippen LogP contribution < -0.4 is 9.64 Å². The van der Waals surface area contributed by atoms with Crippen LogP contribution in [0, 0.1) is 5.82 Å². The Morgan fingerprint density at radius 3 is 2.34 bits per heavy atom. The smallest absolute Gasteiger partial charge is 0.130 e. The summed E-state index contributed by atoms with van der Waals surface area (Å²) in [5, 5.41) is 10.3. The molecule has 0 spiro atoms. The van der Waals surface area contributed by atoms with Crippen molar-refractivity contribution < 1.29 is 19.0 Å². The molecule has 1 heterocycles. The number of benzene rings is 2. The van der Waals surface area contributed by atoms with Gasteiger partial charge in [0.15, 0.2) is 0 Å². The summed E-state index contributed by atoms with van der Waals surface area (Å²) in [6.45, 7) is 5.79. The standard InChI is InChI=1S/C23H29FN2O3/c1-18(27)2-3-19-4-10-23(11-5-19)29-17-22(28)16-25-12-14-26(15-13-25)21-8-6-20(24)7-9-21/h4-11,22,28H,2-3,12-17H2,1H3/t22-/m1/s1. The molecule has 0 saturated carbocycles. The van der Waals surface area contributed by atoms with Crippen LogP contribution in [0.25, 0.3) is 0 Å². The molecule has 0 aromatic heterocycles. The lowest BCUT2D eigenvalue weighted by Crippen LogP contribution is -2.49. The lowest BCUT2D eigenvalue weighted by Gasteiger charge is -2.36. The molecule has 2 aromatic rings. The normalized spacial score (nSPS) is 15.9. The summed E-state index contributed by atoms with van der Waals surface area (Å²) in [5.41, 5.74) is 2.13. The predicted molar refractivity (Wildman–Crippen MR) is 112 cm³/mol. The SMILES string of the molecule is CC(=O)CCc1ccc(OC[C@H](O)CN2CCN(c3ccc(F)cc3)CC2)cc1. The van der Waals surface area contributed by atoms with E-state index in [2.05, 4.69) is 9.80 Å². The molecule has 0 bridgehead atoms. The maximum atomic E-state index is 13.1. The van der Waals surface area contributed by atoms with Crippen molar-refractivity contribution >= 4 is 11.5 Å². The van der Waals surface area contributed by atoms with Gasteiger partial charge in [0.2, 0.25) is 0 Å². The highest BCUT2D eigenvalue weighted by Crippen LogP contribution is 2.17. The number of nitrogens with zero attached hydrogens (tertiary/aromatic N) is 2. The van der Waals surface area contributed by atoms with Gasteiger partial charge in [-0.15, -0.1) is 0 Å². The molecule has 1 atom stereocenters. The number of aliphatic hydroxyl groups excluding tert-OH is 1. The molecule has 156 valence electrons. The van der Waals surface area contributed by atoms with Crippen LogP contribution in [0.3, 0.4) is 0 Å². The monoisotopic (exact) mass is 400 g/mol. The van der Waals surface area contributed by atoms with Gasteiger partial charge in [-0.1, -0.05) is 12.1 Å². The quantitative estimate of drug-likeness (QED) is 0.702.